The Bertz CT molecular complexity index is 1070. The molecular formula is C25H25NO4S. The van der Waals surface area contributed by atoms with E-state index in [1.807, 2.05) is 37.3 Å². The van der Waals surface area contributed by atoms with Crippen LogP contribution in [0.5, 0.6) is 17.2 Å². The molecule has 0 radical (unpaired) electrons. The van der Waals surface area contributed by atoms with Crippen molar-refractivity contribution in [3.8, 4) is 17.2 Å². The van der Waals surface area contributed by atoms with Gasteiger partial charge < -0.3 is 19.5 Å². The molecule has 0 aliphatic carbocycles. The highest BCUT2D eigenvalue weighted by atomic mass is 32.2. The smallest absolute Gasteiger partial charge is 0.251 e. The van der Waals surface area contributed by atoms with Gasteiger partial charge in [-0.3, -0.25) is 4.79 Å². The van der Waals surface area contributed by atoms with Gasteiger partial charge in [-0.15, -0.1) is 11.8 Å². The van der Waals surface area contributed by atoms with Crippen LogP contribution in [-0.2, 0) is 12.3 Å². The van der Waals surface area contributed by atoms with E-state index in [1.165, 1.54) is 10.5 Å². The molecule has 31 heavy (non-hydrogen) atoms. The summed E-state index contributed by atoms with van der Waals surface area (Å²) in [6, 6.07) is 19.7. The van der Waals surface area contributed by atoms with E-state index in [0.29, 0.717) is 24.5 Å². The summed E-state index contributed by atoms with van der Waals surface area (Å²) in [6.45, 7) is 5.27. The third kappa shape index (κ3) is 5.33. The largest absolute Gasteiger partial charge is 0.494 e. The average Bonchev–Trinajstić information content (AvgIpc) is 3.26. The zero-order valence-corrected chi connectivity index (χ0v) is 18.5. The van der Waals surface area contributed by atoms with E-state index in [0.717, 1.165) is 28.4 Å². The minimum atomic E-state index is -0.123. The minimum absolute atomic E-state index is 0.123. The lowest BCUT2D eigenvalue weighted by molar-refractivity contribution is 0.0950. The van der Waals surface area contributed by atoms with E-state index in [2.05, 4.69) is 36.5 Å². The highest BCUT2D eigenvalue weighted by Gasteiger charge is 2.15. The van der Waals surface area contributed by atoms with Crippen LogP contribution < -0.4 is 19.5 Å². The zero-order chi connectivity index (χ0) is 21.6. The van der Waals surface area contributed by atoms with Gasteiger partial charge in [-0.25, -0.2) is 0 Å². The number of nitrogens with one attached hydrogen (secondary N) is 1. The molecule has 5 nitrogen and oxygen atoms in total. The number of fused-ring (bicyclic) bond motifs is 1. The van der Waals surface area contributed by atoms with E-state index in [9.17, 15) is 4.79 Å². The quantitative estimate of drug-likeness (QED) is 0.484. The van der Waals surface area contributed by atoms with Crippen molar-refractivity contribution in [1.29, 1.82) is 0 Å². The third-order valence-corrected chi connectivity index (χ3v) is 5.99. The van der Waals surface area contributed by atoms with Crippen LogP contribution in [0.4, 0.5) is 0 Å². The molecule has 1 aliphatic heterocycles. The van der Waals surface area contributed by atoms with Crippen LogP contribution in [-0.4, -0.2) is 19.3 Å². The van der Waals surface area contributed by atoms with Crippen molar-refractivity contribution in [2.75, 3.05) is 13.4 Å². The van der Waals surface area contributed by atoms with Crippen LogP contribution >= 0.6 is 11.8 Å². The highest BCUT2D eigenvalue weighted by molar-refractivity contribution is 7.98. The number of thioether (sulfide) groups is 1. The number of ether oxygens (including phenoxy) is 3. The molecule has 160 valence electrons. The molecule has 0 atom stereocenters. The Morgan fingerprint density at radius 1 is 1.03 bits per heavy atom. The van der Waals surface area contributed by atoms with Crippen LogP contribution in [0.1, 0.15) is 34.0 Å². The summed E-state index contributed by atoms with van der Waals surface area (Å²) in [5.41, 5.74) is 3.81. The van der Waals surface area contributed by atoms with Gasteiger partial charge in [0.25, 0.3) is 5.91 Å². The van der Waals surface area contributed by atoms with Crippen LogP contribution in [0.3, 0.4) is 0 Å². The number of carbonyl (C=O) groups excluding carboxylic acids is 1. The van der Waals surface area contributed by atoms with Crippen molar-refractivity contribution >= 4 is 17.7 Å². The molecule has 0 spiro atoms. The van der Waals surface area contributed by atoms with Gasteiger partial charge in [-0.2, -0.15) is 0 Å². The summed E-state index contributed by atoms with van der Waals surface area (Å²) in [5, 5.41) is 2.98. The first kappa shape index (κ1) is 21.1. The molecule has 3 aromatic carbocycles. The number of amides is 1. The molecule has 1 N–H and O–H groups in total. The van der Waals surface area contributed by atoms with Gasteiger partial charge in [0.05, 0.1) is 6.61 Å². The molecule has 1 heterocycles. The van der Waals surface area contributed by atoms with Gasteiger partial charge in [-0.1, -0.05) is 23.8 Å². The topological polar surface area (TPSA) is 56.8 Å². The first-order valence-electron chi connectivity index (χ1n) is 10.2. The summed E-state index contributed by atoms with van der Waals surface area (Å²) in [7, 11) is 0. The van der Waals surface area contributed by atoms with E-state index < -0.39 is 0 Å². The Balaban J connectivity index is 1.43. The van der Waals surface area contributed by atoms with Crippen molar-refractivity contribution in [2.24, 2.45) is 0 Å². The third-order valence-electron chi connectivity index (χ3n) is 4.93. The molecule has 0 fully saturated rings. The van der Waals surface area contributed by atoms with E-state index in [4.69, 9.17) is 14.2 Å². The normalized spacial score (nSPS) is 11.9. The van der Waals surface area contributed by atoms with Crippen molar-refractivity contribution in [3.63, 3.8) is 0 Å². The summed E-state index contributed by atoms with van der Waals surface area (Å²) in [4.78, 5) is 14.0. The van der Waals surface area contributed by atoms with Gasteiger partial charge in [0.1, 0.15) is 5.75 Å². The SMILES string of the molecule is CCOc1ccc(C(=O)NCc2ccc3c(c2)OCO3)cc1CSc1ccc(C)cc1. The fourth-order valence-corrected chi connectivity index (χ4v) is 4.14. The number of rotatable bonds is 8. The van der Waals surface area contributed by atoms with Crippen LogP contribution in [0.15, 0.2) is 65.6 Å². The first-order chi connectivity index (χ1) is 15.1. The molecule has 1 aliphatic rings. The van der Waals surface area contributed by atoms with Crippen LogP contribution in [0, 0.1) is 6.92 Å². The summed E-state index contributed by atoms with van der Waals surface area (Å²) in [6.07, 6.45) is 0. The van der Waals surface area contributed by atoms with Gasteiger partial charge in [0, 0.05) is 28.3 Å². The predicted molar refractivity (Wildman–Crippen MR) is 122 cm³/mol. The fraction of sp³-hybridized carbons (Fsp3) is 0.240. The summed E-state index contributed by atoms with van der Waals surface area (Å²) < 4.78 is 16.5. The maximum absolute atomic E-state index is 12.8. The second kappa shape index (κ2) is 9.79. The Hall–Kier alpha value is -3.12. The molecular weight excluding hydrogens is 410 g/mol. The second-order valence-corrected chi connectivity index (χ2v) is 8.28. The van der Waals surface area contributed by atoms with Gasteiger partial charge in [0.15, 0.2) is 11.5 Å². The Kier molecular flexibility index (Phi) is 6.67. The van der Waals surface area contributed by atoms with Crippen LogP contribution in [0.25, 0.3) is 0 Å². The fourth-order valence-electron chi connectivity index (χ4n) is 3.26. The minimum Gasteiger partial charge on any atom is -0.494 e. The number of hydrogen-bond donors (Lipinski definition) is 1. The Morgan fingerprint density at radius 3 is 2.65 bits per heavy atom. The van der Waals surface area contributed by atoms with Gasteiger partial charge in [0.2, 0.25) is 6.79 Å². The van der Waals surface area contributed by atoms with E-state index >= 15 is 0 Å². The molecule has 3 aromatic rings. The number of benzene rings is 3. The molecule has 0 saturated heterocycles. The number of aryl methyl sites for hydroxylation is 1. The molecule has 1 amide bonds. The standard InChI is InChI=1S/C25H25NO4S/c1-3-28-22-11-7-19(13-20(22)15-31-21-8-4-17(2)5-9-21)25(27)26-14-18-6-10-23-24(12-18)30-16-29-23/h4-13H,3,14-16H2,1-2H3,(H,26,27). The molecule has 6 heteroatoms. The first-order valence-corrected chi connectivity index (χ1v) is 11.2. The lowest BCUT2D eigenvalue weighted by Gasteiger charge is -2.13. The number of hydrogen-bond acceptors (Lipinski definition) is 5. The predicted octanol–water partition coefficient (Wildman–Crippen LogP) is 5.34. The zero-order valence-electron chi connectivity index (χ0n) is 17.6. The van der Waals surface area contributed by atoms with Crippen molar-refractivity contribution < 1.29 is 19.0 Å². The highest BCUT2D eigenvalue weighted by Crippen LogP contribution is 2.32. The maximum atomic E-state index is 12.8. The monoisotopic (exact) mass is 435 g/mol. The Morgan fingerprint density at radius 2 is 1.84 bits per heavy atom. The van der Waals surface area contributed by atoms with Crippen molar-refractivity contribution in [2.45, 2.75) is 31.0 Å². The van der Waals surface area contributed by atoms with E-state index in [-0.39, 0.29) is 12.7 Å². The summed E-state index contributed by atoms with van der Waals surface area (Å²) >= 11 is 1.73. The lowest BCUT2D eigenvalue weighted by Crippen LogP contribution is -2.23. The van der Waals surface area contributed by atoms with Crippen molar-refractivity contribution in [3.05, 3.63) is 82.9 Å². The van der Waals surface area contributed by atoms with Crippen molar-refractivity contribution in [1.82, 2.24) is 5.32 Å². The lowest BCUT2D eigenvalue weighted by atomic mass is 10.1. The molecule has 0 saturated carbocycles. The average molecular weight is 436 g/mol. The molecule has 0 aromatic heterocycles. The number of carbonyl (C=O) groups is 1. The molecule has 4 rings (SSSR count). The van der Waals surface area contributed by atoms with Gasteiger partial charge in [-0.05, 0) is 61.9 Å². The molecule has 0 unspecified atom stereocenters. The van der Waals surface area contributed by atoms with Crippen LogP contribution in [0.2, 0.25) is 0 Å². The van der Waals surface area contributed by atoms with Gasteiger partial charge >= 0.3 is 0 Å². The maximum Gasteiger partial charge on any atom is 0.251 e. The summed E-state index contributed by atoms with van der Waals surface area (Å²) in [5.74, 6) is 2.86. The second-order valence-electron chi connectivity index (χ2n) is 7.23. The van der Waals surface area contributed by atoms with E-state index in [1.54, 1.807) is 17.8 Å². The molecule has 0 bridgehead atoms. The Labute approximate surface area is 186 Å².